The molecule has 4 aromatic rings. The molecule has 0 spiro atoms. The highest BCUT2D eigenvalue weighted by molar-refractivity contribution is 6.13. The van der Waals surface area contributed by atoms with Gasteiger partial charge in [0.05, 0.1) is 32.6 Å². The molecule has 46 heavy (non-hydrogen) atoms. The molecule has 16 heteroatoms. The molecule has 0 aromatic heterocycles. The molecule has 1 atom stereocenters. The Morgan fingerprint density at radius 1 is 0.717 bits per heavy atom. The maximum absolute atomic E-state index is 12.7. The molecule has 5 N–H and O–H groups in total. The van der Waals surface area contributed by atoms with Gasteiger partial charge in [-0.15, -0.1) is 0 Å². The maximum Gasteiger partial charge on any atom is 0.336 e. The third-order valence-electron chi connectivity index (χ3n) is 6.57. The van der Waals surface area contributed by atoms with Gasteiger partial charge in [-0.05, 0) is 54.1 Å². The van der Waals surface area contributed by atoms with Crippen LogP contribution in [0.5, 0.6) is 11.5 Å². The number of carboxylic acids is 2. The predicted molar refractivity (Wildman–Crippen MR) is 159 cm³/mol. The van der Waals surface area contributed by atoms with Crippen LogP contribution in [0, 0.1) is 20.2 Å². The van der Waals surface area contributed by atoms with Gasteiger partial charge in [-0.1, -0.05) is 24.3 Å². The summed E-state index contributed by atoms with van der Waals surface area (Å²) in [4.78, 5) is 57.3. The lowest BCUT2D eigenvalue weighted by atomic mass is 9.93. The summed E-state index contributed by atoms with van der Waals surface area (Å²) in [6.07, 6.45) is 0. The fourth-order valence-corrected chi connectivity index (χ4v) is 4.52. The Hall–Kier alpha value is -6.39. The monoisotopic (exact) mass is 632 g/mol. The van der Waals surface area contributed by atoms with E-state index in [4.69, 9.17) is 9.47 Å². The molecule has 0 aliphatic rings. The molecule has 4 aromatic carbocycles. The zero-order valence-electron chi connectivity index (χ0n) is 23.5. The molecular weight excluding hydrogens is 608 g/mol. The third kappa shape index (κ3) is 7.39. The van der Waals surface area contributed by atoms with Crippen molar-refractivity contribution in [2.75, 3.05) is 18.5 Å². The molecule has 0 aliphatic carbocycles. The van der Waals surface area contributed by atoms with E-state index in [-0.39, 0.29) is 30.0 Å². The van der Waals surface area contributed by atoms with Crippen LogP contribution in [0.1, 0.15) is 48.2 Å². The standard InChI is InChI=1S/C30H24N4O12/c35-28(26-22(30(38)39)4-2-6-24(26)34(43)44)31-18-9-13-20(14-10-18)46-16-15-45-19-11-7-17(8-12-19)27(32-40)25-21(29(36)37)3-1-5-23(25)33(41)42/h1-14,27,32,40H,15-16H2,(H,31,35)(H,36,37)(H,38,39). The maximum atomic E-state index is 12.7. The number of hydroxylamine groups is 1. The number of anilines is 1. The van der Waals surface area contributed by atoms with Gasteiger partial charge in [0.15, 0.2) is 0 Å². The number of nitrogens with zero attached hydrogens (tertiary/aromatic N) is 2. The Morgan fingerprint density at radius 3 is 1.72 bits per heavy atom. The van der Waals surface area contributed by atoms with Gasteiger partial charge in [-0.2, -0.15) is 5.48 Å². The molecule has 0 saturated heterocycles. The van der Waals surface area contributed by atoms with Gasteiger partial charge in [0.1, 0.15) is 30.3 Å². The molecule has 0 fully saturated rings. The van der Waals surface area contributed by atoms with E-state index in [0.29, 0.717) is 17.1 Å². The van der Waals surface area contributed by atoms with E-state index in [1.54, 1.807) is 0 Å². The Kier molecular flexibility index (Phi) is 10.2. The van der Waals surface area contributed by atoms with E-state index in [1.165, 1.54) is 66.7 Å². The molecule has 1 amide bonds. The third-order valence-corrected chi connectivity index (χ3v) is 6.57. The van der Waals surface area contributed by atoms with Gasteiger partial charge in [0.25, 0.3) is 17.3 Å². The first-order chi connectivity index (χ1) is 22.0. The summed E-state index contributed by atoms with van der Waals surface area (Å²) < 4.78 is 11.3. The smallest absolute Gasteiger partial charge is 0.336 e. The number of nitro benzene ring substituents is 2. The fraction of sp³-hybridized carbons (Fsp3) is 0.100. The Balaban J connectivity index is 1.35. The second-order valence-corrected chi connectivity index (χ2v) is 9.37. The Morgan fingerprint density at radius 2 is 1.22 bits per heavy atom. The van der Waals surface area contributed by atoms with E-state index < -0.39 is 56.2 Å². The molecule has 1 unspecified atom stereocenters. The lowest BCUT2D eigenvalue weighted by molar-refractivity contribution is -0.385. The first-order valence-corrected chi connectivity index (χ1v) is 13.2. The van der Waals surface area contributed by atoms with Crippen LogP contribution in [-0.4, -0.2) is 56.3 Å². The Bertz CT molecular complexity index is 1730. The highest BCUT2D eigenvalue weighted by Crippen LogP contribution is 2.33. The quantitative estimate of drug-likeness (QED) is 0.0721. The zero-order valence-corrected chi connectivity index (χ0v) is 23.5. The van der Waals surface area contributed by atoms with Crippen LogP contribution in [0.2, 0.25) is 0 Å². The number of carboxylic acid groups (broad SMARTS) is 2. The van der Waals surface area contributed by atoms with Crippen LogP contribution < -0.4 is 20.3 Å². The second kappa shape index (κ2) is 14.4. The SMILES string of the molecule is O=C(O)c1cccc([N+](=O)[O-])c1C(=O)Nc1ccc(OCCOc2ccc(C(NO)c3c(C(=O)O)cccc3[N+](=O)[O-])cc2)cc1. The van der Waals surface area contributed by atoms with Gasteiger partial charge < -0.3 is 30.2 Å². The van der Waals surface area contributed by atoms with E-state index in [9.17, 15) is 50.0 Å². The molecule has 0 heterocycles. The van der Waals surface area contributed by atoms with E-state index in [0.717, 1.165) is 18.2 Å². The molecule has 0 radical (unpaired) electrons. The number of rotatable bonds is 14. The first kappa shape index (κ1) is 32.5. The number of nitrogens with one attached hydrogen (secondary N) is 2. The highest BCUT2D eigenvalue weighted by atomic mass is 16.6. The van der Waals surface area contributed by atoms with Crippen molar-refractivity contribution in [3.05, 3.63) is 133 Å². The number of aromatic carboxylic acids is 2. The minimum absolute atomic E-state index is 0.0858. The summed E-state index contributed by atoms with van der Waals surface area (Å²) in [7, 11) is 0. The van der Waals surface area contributed by atoms with Crippen LogP contribution in [0.4, 0.5) is 17.1 Å². The number of carbonyl (C=O) groups excluding carboxylic acids is 1. The fourth-order valence-electron chi connectivity index (χ4n) is 4.52. The van der Waals surface area contributed by atoms with Crippen LogP contribution in [0.25, 0.3) is 0 Å². The number of hydrogen-bond donors (Lipinski definition) is 5. The molecular formula is C30H24N4O12. The Labute approximate surface area is 258 Å². The van der Waals surface area contributed by atoms with Crippen molar-refractivity contribution in [3.8, 4) is 11.5 Å². The van der Waals surface area contributed by atoms with Crippen molar-refractivity contribution >= 4 is 34.9 Å². The van der Waals surface area contributed by atoms with Gasteiger partial charge in [0.2, 0.25) is 0 Å². The largest absolute Gasteiger partial charge is 0.490 e. The predicted octanol–water partition coefficient (Wildman–Crippen LogP) is 4.68. The number of amides is 1. The van der Waals surface area contributed by atoms with Crippen molar-refractivity contribution in [1.29, 1.82) is 0 Å². The number of nitro groups is 2. The summed E-state index contributed by atoms with van der Waals surface area (Å²) in [5, 5.41) is 54.0. The number of benzene rings is 4. The van der Waals surface area contributed by atoms with Gasteiger partial charge >= 0.3 is 11.9 Å². The summed E-state index contributed by atoms with van der Waals surface area (Å²) in [5.74, 6) is -3.08. The molecule has 0 aliphatic heterocycles. The van der Waals surface area contributed by atoms with Crippen molar-refractivity contribution < 1.29 is 49.1 Å². The lowest BCUT2D eigenvalue weighted by Crippen LogP contribution is -2.22. The topological polar surface area (TPSA) is 241 Å². The average Bonchev–Trinajstić information content (AvgIpc) is 3.04. The average molecular weight is 633 g/mol. The van der Waals surface area contributed by atoms with Crippen LogP contribution in [0.15, 0.2) is 84.9 Å². The molecule has 0 saturated carbocycles. The van der Waals surface area contributed by atoms with Crippen molar-refractivity contribution in [1.82, 2.24) is 5.48 Å². The molecule has 16 nitrogen and oxygen atoms in total. The van der Waals surface area contributed by atoms with E-state index in [2.05, 4.69) is 5.32 Å². The molecule has 236 valence electrons. The first-order valence-electron chi connectivity index (χ1n) is 13.2. The van der Waals surface area contributed by atoms with Crippen molar-refractivity contribution in [3.63, 3.8) is 0 Å². The minimum Gasteiger partial charge on any atom is -0.490 e. The van der Waals surface area contributed by atoms with Gasteiger partial charge in [-0.3, -0.25) is 25.0 Å². The van der Waals surface area contributed by atoms with Crippen LogP contribution >= 0.6 is 0 Å². The van der Waals surface area contributed by atoms with Crippen molar-refractivity contribution in [2.45, 2.75) is 6.04 Å². The minimum atomic E-state index is -1.49. The summed E-state index contributed by atoms with van der Waals surface area (Å²) in [5.41, 5.74) is -0.283. The molecule has 0 bridgehead atoms. The van der Waals surface area contributed by atoms with Crippen molar-refractivity contribution in [2.24, 2.45) is 0 Å². The van der Waals surface area contributed by atoms with E-state index >= 15 is 0 Å². The van der Waals surface area contributed by atoms with Gasteiger partial charge in [-0.25, -0.2) is 9.59 Å². The van der Waals surface area contributed by atoms with Crippen LogP contribution in [-0.2, 0) is 0 Å². The summed E-state index contributed by atoms with van der Waals surface area (Å²) >= 11 is 0. The normalized spacial score (nSPS) is 11.2. The number of carbonyl (C=O) groups is 3. The highest BCUT2D eigenvalue weighted by Gasteiger charge is 2.30. The second-order valence-electron chi connectivity index (χ2n) is 9.37. The number of ether oxygens (including phenoxy) is 2. The van der Waals surface area contributed by atoms with E-state index in [1.807, 2.05) is 5.48 Å². The summed E-state index contributed by atoms with van der Waals surface area (Å²) in [6, 6.07) is 17.7. The van der Waals surface area contributed by atoms with Gasteiger partial charge in [0, 0.05) is 17.8 Å². The zero-order chi connectivity index (χ0) is 33.4. The van der Waals surface area contributed by atoms with Crippen LogP contribution in [0.3, 0.4) is 0 Å². The lowest BCUT2D eigenvalue weighted by Gasteiger charge is -2.18. The molecule has 4 rings (SSSR count). The summed E-state index contributed by atoms with van der Waals surface area (Å²) in [6.45, 7) is 0.174. The number of hydrogen-bond acceptors (Lipinski definition) is 11.